The van der Waals surface area contributed by atoms with Crippen LogP contribution in [0.25, 0.3) is 0 Å². The average molecular weight is 266 g/mol. The van der Waals surface area contributed by atoms with Crippen molar-refractivity contribution in [2.45, 2.75) is 45.8 Å². The number of ether oxygens (including phenoxy) is 1. The van der Waals surface area contributed by atoms with Gasteiger partial charge in [-0.3, -0.25) is 4.79 Å². The van der Waals surface area contributed by atoms with E-state index in [1.54, 1.807) is 18.3 Å². The summed E-state index contributed by atoms with van der Waals surface area (Å²) in [7, 11) is 0. The van der Waals surface area contributed by atoms with E-state index in [9.17, 15) is 4.79 Å². The van der Waals surface area contributed by atoms with Gasteiger partial charge in [0.15, 0.2) is 11.4 Å². The predicted molar refractivity (Wildman–Crippen MR) is 73.2 cm³/mol. The first-order valence-electron chi connectivity index (χ1n) is 6.58. The minimum Gasteiger partial charge on any atom is -0.489 e. The summed E-state index contributed by atoms with van der Waals surface area (Å²) in [6.07, 6.45) is 2.96. The molecule has 0 aliphatic rings. The smallest absolute Gasteiger partial charge is 0.273 e. The fraction of sp³-hybridized carbons (Fsp3) is 0.571. The van der Waals surface area contributed by atoms with E-state index < -0.39 is 0 Å². The van der Waals surface area contributed by atoms with Crippen LogP contribution in [0.4, 0.5) is 0 Å². The summed E-state index contributed by atoms with van der Waals surface area (Å²) in [6, 6.07) is 3.47. The highest BCUT2D eigenvalue weighted by atomic mass is 16.5. The Morgan fingerprint density at radius 3 is 2.84 bits per heavy atom. The maximum Gasteiger partial charge on any atom is 0.273 e. The predicted octanol–water partition coefficient (Wildman–Crippen LogP) is 1.76. The molecular formula is C14H22N2O3. The van der Waals surface area contributed by atoms with Gasteiger partial charge in [0.05, 0.1) is 6.10 Å². The molecule has 106 valence electrons. The molecule has 5 heteroatoms. The summed E-state index contributed by atoms with van der Waals surface area (Å²) < 4.78 is 5.57. The molecule has 1 atom stereocenters. The van der Waals surface area contributed by atoms with Gasteiger partial charge in [-0.2, -0.15) is 0 Å². The van der Waals surface area contributed by atoms with E-state index >= 15 is 0 Å². The standard InChI is InChI=1S/C14H22N2O3/c1-10(2)19-12-7-4-8-15-13(12)14(18)16-11(3)6-5-9-17/h4,7-8,10-11,17H,5-6,9H2,1-3H3,(H,16,18). The Balaban J connectivity index is 2.70. The maximum atomic E-state index is 12.1. The Morgan fingerprint density at radius 2 is 2.21 bits per heavy atom. The number of hydrogen-bond acceptors (Lipinski definition) is 4. The number of aliphatic hydroxyl groups excluding tert-OH is 1. The lowest BCUT2D eigenvalue weighted by molar-refractivity contribution is 0.0925. The number of aliphatic hydroxyl groups is 1. The zero-order valence-electron chi connectivity index (χ0n) is 11.7. The number of carbonyl (C=O) groups excluding carboxylic acids is 1. The van der Waals surface area contributed by atoms with Crippen LogP contribution in [0.2, 0.25) is 0 Å². The molecule has 0 bridgehead atoms. The summed E-state index contributed by atoms with van der Waals surface area (Å²) in [5.41, 5.74) is 0.298. The summed E-state index contributed by atoms with van der Waals surface area (Å²) in [5.74, 6) is 0.242. The van der Waals surface area contributed by atoms with E-state index in [4.69, 9.17) is 9.84 Å². The fourth-order valence-electron chi connectivity index (χ4n) is 1.67. The normalized spacial score (nSPS) is 12.3. The van der Waals surface area contributed by atoms with Crippen LogP contribution >= 0.6 is 0 Å². The van der Waals surface area contributed by atoms with E-state index in [1.165, 1.54) is 0 Å². The molecule has 0 spiro atoms. The molecule has 0 saturated heterocycles. The van der Waals surface area contributed by atoms with Crippen molar-refractivity contribution in [3.63, 3.8) is 0 Å². The lowest BCUT2D eigenvalue weighted by Crippen LogP contribution is -2.33. The molecule has 2 N–H and O–H groups in total. The van der Waals surface area contributed by atoms with Crippen molar-refractivity contribution in [1.82, 2.24) is 10.3 Å². The van der Waals surface area contributed by atoms with E-state index in [1.807, 2.05) is 20.8 Å². The van der Waals surface area contributed by atoms with Gasteiger partial charge in [-0.05, 0) is 45.7 Å². The summed E-state index contributed by atoms with van der Waals surface area (Å²) >= 11 is 0. The molecule has 0 aliphatic heterocycles. The zero-order valence-corrected chi connectivity index (χ0v) is 11.7. The third kappa shape index (κ3) is 5.26. The van der Waals surface area contributed by atoms with Gasteiger partial charge >= 0.3 is 0 Å². The monoisotopic (exact) mass is 266 g/mol. The van der Waals surface area contributed by atoms with Crippen LogP contribution in [-0.2, 0) is 0 Å². The summed E-state index contributed by atoms with van der Waals surface area (Å²) in [4.78, 5) is 16.2. The molecule has 1 amide bonds. The SMILES string of the molecule is CC(CCCO)NC(=O)c1ncccc1OC(C)C. The Kier molecular flexibility index (Phi) is 6.29. The van der Waals surface area contributed by atoms with Crippen LogP contribution in [0.15, 0.2) is 18.3 Å². The first kappa shape index (κ1) is 15.4. The lowest BCUT2D eigenvalue weighted by Gasteiger charge is -2.16. The first-order valence-corrected chi connectivity index (χ1v) is 6.58. The molecule has 1 unspecified atom stereocenters. The highest BCUT2D eigenvalue weighted by Crippen LogP contribution is 2.17. The molecule has 0 saturated carbocycles. The molecule has 1 rings (SSSR count). The Bertz CT molecular complexity index is 407. The largest absolute Gasteiger partial charge is 0.489 e. The van der Waals surface area contributed by atoms with Crippen LogP contribution in [0.3, 0.4) is 0 Å². The Hall–Kier alpha value is -1.62. The molecule has 1 aromatic rings. The van der Waals surface area contributed by atoms with Gasteiger partial charge in [0.1, 0.15) is 0 Å². The van der Waals surface area contributed by atoms with Crippen LogP contribution in [-0.4, -0.2) is 34.8 Å². The number of aromatic nitrogens is 1. The second-order valence-corrected chi connectivity index (χ2v) is 4.76. The zero-order chi connectivity index (χ0) is 14.3. The molecule has 0 radical (unpaired) electrons. The van der Waals surface area contributed by atoms with Crippen LogP contribution in [0.1, 0.15) is 44.1 Å². The molecule has 1 heterocycles. The number of carbonyl (C=O) groups is 1. The molecule has 19 heavy (non-hydrogen) atoms. The number of nitrogens with one attached hydrogen (secondary N) is 1. The first-order chi connectivity index (χ1) is 9.04. The Morgan fingerprint density at radius 1 is 1.47 bits per heavy atom. The van der Waals surface area contributed by atoms with Gasteiger partial charge in [-0.25, -0.2) is 4.98 Å². The van der Waals surface area contributed by atoms with E-state index in [-0.39, 0.29) is 24.7 Å². The number of nitrogens with zero attached hydrogens (tertiary/aromatic N) is 1. The van der Waals surface area contributed by atoms with Crippen molar-refractivity contribution >= 4 is 5.91 Å². The molecule has 0 aromatic carbocycles. The van der Waals surface area contributed by atoms with Crippen LogP contribution in [0.5, 0.6) is 5.75 Å². The number of rotatable bonds is 7. The summed E-state index contributed by atoms with van der Waals surface area (Å²) in [5, 5.41) is 11.6. The maximum absolute atomic E-state index is 12.1. The topological polar surface area (TPSA) is 71.5 Å². The van der Waals surface area contributed by atoms with Crippen LogP contribution < -0.4 is 10.1 Å². The van der Waals surface area contributed by atoms with Crippen molar-refractivity contribution in [1.29, 1.82) is 0 Å². The van der Waals surface area contributed by atoms with Gasteiger partial charge in [0.25, 0.3) is 5.91 Å². The van der Waals surface area contributed by atoms with Gasteiger partial charge in [-0.1, -0.05) is 0 Å². The molecule has 0 fully saturated rings. The third-order valence-corrected chi connectivity index (χ3v) is 2.52. The minimum absolute atomic E-state index is 0.00597. The van der Waals surface area contributed by atoms with E-state index in [0.717, 1.165) is 6.42 Å². The average Bonchev–Trinajstić information content (AvgIpc) is 2.36. The molecular weight excluding hydrogens is 244 g/mol. The highest BCUT2D eigenvalue weighted by Gasteiger charge is 2.16. The van der Waals surface area contributed by atoms with Crippen molar-refractivity contribution in [3.05, 3.63) is 24.0 Å². The second kappa shape index (κ2) is 7.74. The van der Waals surface area contributed by atoms with Gasteiger partial charge in [0.2, 0.25) is 0 Å². The van der Waals surface area contributed by atoms with E-state index in [0.29, 0.717) is 17.9 Å². The van der Waals surface area contributed by atoms with Gasteiger partial charge in [-0.15, -0.1) is 0 Å². The number of pyridine rings is 1. The van der Waals surface area contributed by atoms with Gasteiger partial charge in [0, 0.05) is 18.8 Å². The summed E-state index contributed by atoms with van der Waals surface area (Å²) in [6.45, 7) is 5.84. The lowest BCUT2D eigenvalue weighted by atomic mass is 10.2. The van der Waals surface area contributed by atoms with Crippen molar-refractivity contribution in [3.8, 4) is 5.75 Å². The van der Waals surface area contributed by atoms with Crippen molar-refractivity contribution in [2.75, 3.05) is 6.61 Å². The van der Waals surface area contributed by atoms with Crippen LogP contribution in [0, 0.1) is 0 Å². The molecule has 0 aliphatic carbocycles. The highest BCUT2D eigenvalue weighted by molar-refractivity contribution is 5.95. The van der Waals surface area contributed by atoms with Crippen molar-refractivity contribution < 1.29 is 14.6 Å². The molecule has 1 aromatic heterocycles. The van der Waals surface area contributed by atoms with E-state index in [2.05, 4.69) is 10.3 Å². The quantitative estimate of drug-likeness (QED) is 0.789. The third-order valence-electron chi connectivity index (χ3n) is 2.52. The number of hydrogen-bond donors (Lipinski definition) is 2. The van der Waals surface area contributed by atoms with Crippen molar-refractivity contribution in [2.24, 2.45) is 0 Å². The minimum atomic E-state index is -0.248. The second-order valence-electron chi connectivity index (χ2n) is 4.76. The number of amides is 1. The molecule has 5 nitrogen and oxygen atoms in total. The van der Waals surface area contributed by atoms with Gasteiger partial charge < -0.3 is 15.2 Å². The Labute approximate surface area is 114 Å². The fourth-order valence-corrected chi connectivity index (χ4v) is 1.67.